The number of pyridine rings is 2. The van der Waals surface area contributed by atoms with E-state index in [4.69, 9.17) is 4.98 Å². The molecule has 148 valence electrons. The van der Waals surface area contributed by atoms with Gasteiger partial charge in [0.2, 0.25) is 0 Å². The average molecular weight is 397 g/mol. The number of hydrogen-bond acceptors (Lipinski definition) is 5. The van der Waals surface area contributed by atoms with Gasteiger partial charge >= 0.3 is 0 Å². The molecule has 6 heteroatoms. The third-order valence-corrected chi connectivity index (χ3v) is 5.30. The van der Waals surface area contributed by atoms with Gasteiger partial charge in [0.25, 0.3) is 0 Å². The second-order valence-corrected chi connectivity index (χ2v) is 7.43. The molecule has 4 heterocycles. The van der Waals surface area contributed by atoms with E-state index in [1.165, 1.54) is 17.7 Å². The van der Waals surface area contributed by atoms with Gasteiger partial charge in [-0.3, -0.25) is 14.9 Å². The van der Waals surface area contributed by atoms with Crippen LogP contribution in [0, 0.1) is 5.82 Å². The third-order valence-electron chi connectivity index (χ3n) is 5.30. The number of fused-ring (bicyclic) bond motifs is 1. The molecule has 1 aromatic carbocycles. The topological polar surface area (TPSA) is 54.8 Å². The third kappa shape index (κ3) is 3.95. The Morgan fingerprint density at radius 3 is 2.57 bits per heavy atom. The predicted molar refractivity (Wildman–Crippen MR) is 113 cm³/mol. The summed E-state index contributed by atoms with van der Waals surface area (Å²) in [5.74, 6) is 0.494. The highest BCUT2D eigenvalue weighted by Crippen LogP contribution is 2.22. The van der Waals surface area contributed by atoms with Gasteiger partial charge in [-0.2, -0.15) is 0 Å². The van der Waals surface area contributed by atoms with Gasteiger partial charge in [-0.05, 0) is 48.0 Å². The molecule has 0 atom stereocenters. The lowest BCUT2D eigenvalue weighted by Gasteiger charge is -2.28. The minimum Gasteiger partial charge on any atom is -0.294 e. The molecule has 1 aliphatic heterocycles. The van der Waals surface area contributed by atoms with Crippen LogP contribution in [0.15, 0.2) is 73.3 Å². The highest BCUT2D eigenvalue weighted by Gasteiger charge is 2.19. The van der Waals surface area contributed by atoms with E-state index in [1.54, 1.807) is 24.5 Å². The van der Waals surface area contributed by atoms with E-state index in [2.05, 4.69) is 25.9 Å². The van der Waals surface area contributed by atoms with E-state index in [-0.39, 0.29) is 5.82 Å². The average Bonchev–Trinajstić information content (AvgIpc) is 2.80. The van der Waals surface area contributed by atoms with Crippen molar-refractivity contribution in [3.8, 4) is 22.6 Å². The van der Waals surface area contributed by atoms with Crippen LogP contribution in [-0.2, 0) is 19.5 Å². The Balaban J connectivity index is 1.27. The maximum atomic E-state index is 13.1. The molecule has 0 unspecified atom stereocenters. The molecule has 0 aliphatic carbocycles. The SMILES string of the molecule is Fc1ccc(-c2ccc(CN3CCc4nc(-c5cccnc5)ncc4C3)cn2)cc1. The number of benzene rings is 1. The molecule has 0 amide bonds. The molecule has 5 rings (SSSR count). The molecule has 0 bridgehead atoms. The second kappa shape index (κ2) is 8.08. The molecule has 0 fully saturated rings. The van der Waals surface area contributed by atoms with Crippen molar-refractivity contribution in [2.45, 2.75) is 19.5 Å². The van der Waals surface area contributed by atoms with Gasteiger partial charge < -0.3 is 0 Å². The minimum atomic E-state index is -0.239. The summed E-state index contributed by atoms with van der Waals surface area (Å²) in [6, 6.07) is 14.4. The molecule has 30 heavy (non-hydrogen) atoms. The van der Waals surface area contributed by atoms with Crippen LogP contribution in [0.3, 0.4) is 0 Å². The molecule has 5 nitrogen and oxygen atoms in total. The first-order valence-electron chi connectivity index (χ1n) is 9.93. The van der Waals surface area contributed by atoms with Crippen molar-refractivity contribution < 1.29 is 4.39 Å². The molecule has 0 saturated heterocycles. The first-order valence-corrected chi connectivity index (χ1v) is 9.93. The fourth-order valence-corrected chi connectivity index (χ4v) is 3.71. The van der Waals surface area contributed by atoms with Crippen LogP contribution in [0.2, 0.25) is 0 Å². The van der Waals surface area contributed by atoms with Crippen molar-refractivity contribution in [3.63, 3.8) is 0 Å². The van der Waals surface area contributed by atoms with Gasteiger partial charge in [0, 0.05) is 67.5 Å². The molecule has 0 spiro atoms. The molecule has 0 saturated carbocycles. The summed E-state index contributed by atoms with van der Waals surface area (Å²) in [5.41, 5.74) is 6.14. The molecule has 0 radical (unpaired) electrons. The lowest BCUT2D eigenvalue weighted by molar-refractivity contribution is 0.242. The summed E-state index contributed by atoms with van der Waals surface area (Å²) < 4.78 is 13.1. The Morgan fingerprint density at radius 1 is 0.900 bits per heavy atom. The fraction of sp³-hybridized carbons (Fsp3) is 0.167. The quantitative estimate of drug-likeness (QED) is 0.514. The number of nitrogens with zero attached hydrogens (tertiary/aromatic N) is 5. The predicted octanol–water partition coefficient (Wildman–Crippen LogP) is 4.30. The van der Waals surface area contributed by atoms with Crippen molar-refractivity contribution in [1.82, 2.24) is 24.8 Å². The van der Waals surface area contributed by atoms with Gasteiger partial charge in [-0.1, -0.05) is 6.07 Å². The standard InChI is InChI=1S/C24H20FN5/c25-21-6-4-18(5-7-21)22-8-3-17(12-27-22)15-30-11-9-23-20(16-30)14-28-24(29-23)19-2-1-10-26-13-19/h1-8,10,12-14H,9,11,15-16H2. The summed E-state index contributed by atoms with van der Waals surface area (Å²) in [5, 5.41) is 0. The Hall–Kier alpha value is -3.51. The van der Waals surface area contributed by atoms with E-state index in [0.717, 1.165) is 60.0 Å². The molecule has 1 aliphatic rings. The van der Waals surface area contributed by atoms with E-state index in [9.17, 15) is 4.39 Å². The number of rotatable bonds is 4. The van der Waals surface area contributed by atoms with Gasteiger partial charge in [0.15, 0.2) is 5.82 Å². The Bertz CT molecular complexity index is 1140. The van der Waals surface area contributed by atoms with Crippen LogP contribution in [0.1, 0.15) is 16.8 Å². The van der Waals surface area contributed by atoms with Gasteiger partial charge in [-0.15, -0.1) is 0 Å². The van der Waals surface area contributed by atoms with Crippen molar-refractivity contribution in [3.05, 3.63) is 96.0 Å². The van der Waals surface area contributed by atoms with Crippen LogP contribution >= 0.6 is 0 Å². The number of hydrogen-bond donors (Lipinski definition) is 0. The first-order chi connectivity index (χ1) is 14.7. The fourth-order valence-electron chi connectivity index (χ4n) is 3.71. The van der Waals surface area contributed by atoms with Crippen LogP contribution in [0.4, 0.5) is 4.39 Å². The van der Waals surface area contributed by atoms with Gasteiger partial charge in [0.05, 0.1) is 11.4 Å². The molecular weight excluding hydrogens is 377 g/mol. The number of aromatic nitrogens is 4. The van der Waals surface area contributed by atoms with E-state index >= 15 is 0 Å². The van der Waals surface area contributed by atoms with Crippen LogP contribution in [-0.4, -0.2) is 31.4 Å². The Labute approximate surface area is 174 Å². The van der Waals surface area contributed by atoms with Crippen molar-refractivity contribution in [2.24, 2.45) is 0 Å². The Morgan fingerprint density at radius 2 is 1.80 bits per heavy atom. The zero-order valence-corrected chi connectivity index (χ0v) is 16.4. The summed E-state index contributed by atoms with van der Waals surface area (Å²) in [7, 11) is 0. The normalized spacial score (nSPS) is 13.8. The van der Waals surface area contributed by atoms with Gasteiger partial charge in [-0.25, -0.2) is 14.4 Å². The van der Waals surface area contributed by atoms with E-state index in [0.29, 0.717) is 0 Å². The van der Waals surface area contributed by atoms with Gasteiger partial charge in [0.1, 0.15) is 5.82 Å². The molecule has 0 N–H and O–H groups in total. The highest BCUT2D eigenvalue weighted by molar-refractivity contribution is 5.58. The van der Waals surface area contributed by atoms with Crippen LogP contribution < -0.4 is 0 Å². The van der Waals surface area contributed by atoms with Crippen molar-refractivity contribution >= 4 is 0 Å². The van der Waals surface area contributed by atoms with E-state index in [1.807, 2.05) is 30.6 Å². The smallest absolute Gasteiger partial charge is 0.160 e. The number of halogens is 1. The van der Waals surface area contributed by atoms with Crippen LogP contribution in [0.5, 0.6) is 0 Å². The lowest BCUT2D eigenvalue weighted by atomic mass is 10.1. The summed E-state index contributed by atoms with van der Waals surface area (Å²) >= 11 is 0. The zero-order chi connectivity index (χ0) is 20.3. The summed E-state index contributed by atoms with van der Waals surface area (Å²) in [6.45, 7) is 2.58. The van der Waals surface area contributed by atoms with Crippen LogP contribution in [0.25, 0.3) is 22.6 Å². The Kier molecular flexibility index (Phi) is 4.99. The lowest BCUT2D eigenvalue weighted by Crippen LogP contribution is -2.31. The molecule has 4 aromatic rings. The molecule has 3 aromatic heterocycles. The largest absolute Gasteiger partial charge is 0.294 e. The van der Waals surface area contributed by atoms with E-state index < -0.39 is 0 Å². The van der Waals surface area contributed by atoms with Crippen molar-refractivity contribution in [2.75, 3.05) is 6.54 Å². The monoisotopic (exact) mass is 397 g/mol. The maximum Gasteiger partial charge on any atom is 0.160 e. The minimum absolute atomic E-state index is 0.239. The highest BCUT2D eigenvalue weighted by atomic mass is 19.1. The molecular formula is C24H20FN5. The summed E-state index contributed by atoms with van der Waals surface area (Å²) in [6.07, 6.45) is 8.27. The second-order valence-electron chi connectivity index (χ2n) is 7.43. The first kappa shape index (κ1) is 18.5. The zero-order valence-electron chi connectivity index (χ0n) is 16.4. The summed E-state index contributed by atoms with van der Waals surface area (Å²) in [4.78, 5) is 20.4. The maximum absolute atomic E-state index is 13.1. The van der Waals surface area contributed by atoms with Crippen molar-refractivity contribution in [1.29, 1.82) is 0 Å².